The van der Waals surface area contributed by atoms with Crippen LogP contribution in [0.15, 0.2) is 24.4 Å². The largest absolute Gasteiger partial charge is 0.497 e. The smallest absolute Gasteiger partial charge is 0.125 e. The molecular formula is C17H21N3O. The van der Waals surface area contributed by atoms with Crippen molar-refractivity contribution in [3.63, 3.8) is 0 Å². The fraction of sp³-hybridized carbons (Fsp3) is 0.471. The number of ether oxygens (including phenoxy) is 1. The number of benzene rings is 1. The van der Waals surface area contributed by atoms with Gasteiger partial charge in [-0.1, -0.05) is 6.42 Å². The van der Waals surface area contributed by atoms with E-state index in [2.05, 4.69) is 27.8 Å². The summed E-state index contributed by atoms with van der Waals surface area (Å²) in [7, 11) is 3.71. The van der Waals surface area contributed by atoms with Gasteiger partial charge in [0.15, 0.2) is 0 Å². The Balaban J connectivity index is 2.07. The highest BCUT2D eigenvalue weighted by atomic mass is 16.5. The third-order valence-electron chi connectivity index (χ3n) is 4.40. The second-order valence-electron chi connectivity index (χ2n) is 5.71. The predicted octanol–water partition coefficient (Wildman–Crippen LogP) is 3.24. The zero-order valence-electron chi connectivity index (χ0n) is 12.7. The van der Waals surface area contributed by atoms with E-state index in [4.69, 9.17) is 4.74 Å². The van der Waals surface area contributed by atoms with Crippen molar-refractivity contribution in [3.8, 4) is 11.8 Å². The van der Waals surface area contributed by atoms with Crippen molar-refractivity contribution in [3.05, 3.63) is 30.0 Å². The molecule has 3 rings (SSSR count). The van der Waals surface area contributed by atoms with Crippen molar-refractivity contribution in [1.29, 1.82) is 5.26 Å². The molecule has 1 aromatic carbocycles. The Kier molecular flexibility index (Phi) is 3.85. The SMILES string of the molecule is COc1ccc2c(c1)c(C(C#N)N1CCCCC1)cn2C. The van der Waals surface area contributed by atoms with Gasteiger partial charge in [0, 0.05) is 29.7 Å². The number of hydrogen-bond donors (Lipinski definition) is 0. The van der Waals surface area contributed by atoms with Crippen LogP contribution in [0.2, 0.25) is 0 Å². The molecule has 1 atom stereocenters. The number of methoxy groups -OCH3 is 1. The molecule has 0 bridgehead atoms. The van der Waals surface area contributed by atoms with Crippen LogP contribution >= 0.6 is 0 Å². The predicted molar refractivity (Wildman–Crippen MR) is 83.2 cm³/mol. The van der Waals surface area contributed by atoms with E-state index in [9.17, 15) is 5.26 Å². The Morgan fingerprint density at radius 2 is 2.00 bits per heavy atom. The summed E-state index contributed by atoms with van der Waals surface area (Å²) in [6.45, 7) is 2.02. The standard InChI is InChI=1S/C17H21N3O/c1-19-12-15(14-10-13(21-2)6-7-16(14)19)17(11-18)20-8-4-3-5-9-20/h6-7,10,12,17H,3-5,8-9H2,1-2H3. The third kappa shape index (κ3) is 2.50. The summed E-state index contributed by atoms with van der Waals surface area (Å²) in [6, 6.07) is 8.40. The molecule has 2 aromatic rings. The lowest BCUT2D eigenvalue weighted by Crippen LogP contribution is -2.33. The van der Waals surface area contributed by atoms with Crippen LogP contribution in [0.4, 0.5) is 0 Å². The Hall–Kier alpha value is -1.99. The molecule has 0 N–H and O–H groups in total. The Morgan fingerprint density at radius 3 is 2.67 bits per heavy atom. The highest BCUT2D eigenvalue weighted by molar-refractivity contribution is 5.86. The molecule has 1 aliphatic rings. The number of aromatic nitrogens is 1. The van der Waals surface area contributed by atoms with Gasteiger partial charge >= 0.3 is 0 Å². The first-order valence-corrected chi connectivity index (χ1v) is 7.51. The highest BCUT2D eigenvalue weighted by Crippen LogP contribution is 2.33. The summed E-state index contributed by atoms with van der Waals surface area (Å²) >= 11 is 0. The molecule has 0 aliphatic carbocycles. The molecule has 110 valence electrons. The fourth-order valence-corrected chi connectivity index (χ4v) is 3.27. The normalized spacial score (nSPS) is 17.6. The van der Waals surface area contributed by atoms with Crippen LogP contribution < -0.4 is 4.74 Å². The van der Waals surface area contributed by atoms with E-state index in [1.807, 2.05) is 19.2 Å². The summed E-state index contributed by atoms with van der Waals surface area (Å²) in [6.07, 6.45) is 5.74. The van der Waals surface area contributed by atoms with Crippen LogP contribution in [0, 0.1) is 11.3 Å². The third-order valence-corrected chi connectivity index (χ3v) is 4.40. The molecule has 0 saturated carbocycles. The molecule has 0 amide bonds. The van der Waals surface area contributed by atoms with Crippen LogP contribution in [0.5, 0.6) is 5.75 Å². The van der Waals surface area contributed by atoms with Gasteiger partial charge in [-0.05, 0) is 44.1 Å². The summed E-state index contributed by atoms with van der Waals surface area (Å²) in [4.78, 5) is 2.30. The van der Waals surface area contributed by atoms with Gasteiger partial charge in [0.1, 0.15) is 11.8 Å². The molecule has 0 spiro atoms. The number of rotatable bonds is 3. The van der Waals surface area contributed by atoms with E-state index in [0.717, 1.165) is 35.3 Å². The molecule has 1 aliphatic heterocycles. The molecule has 4 heteroatoms. The van der Waals surface area contributed by atoms with Gasteiger partial charge in [0.05, 0.1) is 13.2 Å². The van der Waals surface area contributed by atoms with Crippen molar-refractivity contribution in [2.45, 2.75) is 25.3 Å². The van der Waals surface area contributed by atoms with Gasteiger partial charge in [0.25, 0.3) is 0 Å². The maximum absolute atomic E-state index is 9.69. The number of fused-ring (bicyclic) bond motifs is 1. The van der Waals surface area contributed by atoms with Crippen LogP contribution in [0.25, 0.3) is 10.9 Å². The summed E-state index contributed by atoms with van der Waals surface area (Å²) in [5.41, 5.74) is 2.24. The fourth-order valence-electron chi connectivity index (χ4n) is 3.27. The Bertz CT molecular complexity index is 677. The van der Waals surface area contributed by atoms with Gasteiger partial charge in [-0.3, -0.25) is 4.90 Å². The number of aryl methyl sites for hydroxylation is 1. The number of nitriles is 1. The number of hydrogen-bond acceptors (Lipinski definition) is 3. The van der Waals surface area contributed by atoms with Crippen molar-refractivity contribution in [2.24, 2.45) is 7.05 Å². The van der Waals surface area contributed by atoms with E-state index in [-0.39, 0.29) is 6.04 Å². The van der Waals surface area contributed by atoms with Gasteiger partial charge < -0.3 is 9.30 Å². The zero-order valence-corrected chi connectivity index (χ0v) is 12.7. The van der Waals surface area contributed by atoms with Crippen molar-refractivity contribution < 1.29 is 4.74 Å². The monoisotopic (exact) mass is 283 g/mol. The van der Waals surface area contributed by atoms with Crippen LogP contribution in [0.3, 0.4) is 0 Å². The first-order valence-electron chi connectivity index (χ1n) is 7.51. The maximum atomic E-state index is 9.69. The minimum absolute atomic E-state index is 0.166. The van der Waals surface area contributed by atoms with E-state index in [0.29, 0.717) is 0 Å². The first kappa shape index (κ1) is 14.0. The molecule has 1 fully saturated rings. The first-order chi connectivity index (χ1) is 10.2. The van der Waals surface area contributed by atoms with E-state index in [1.54, 1.807) is 7.11 Å². The lowest BCUT2D eigenvalue weighted by Gasteiger charge is -2.30. The molecule has 1 aromatic heterocycles. The van der Waals surface area contributed by atoms with Crippen LogP contribution in [-0.2, 0) is 7.05 Å². The summed E-state index contributed by atoms with van der Waals surface area (Å²) < 4.78 is 7.44. The van der Waals surface area contributed by atoms with Gasteiger partial charge in [-0.25, -0.2) is 0 Å². The molecular weight excluding hydrogens is 262 g/mol. The van der Waals surface area contributed by atoms with Gasteiger partial charge in [0.2, 0.25) is 0 Å². The van der Waals surface area contributed by atoms with Gasteiger partial charge in [-0.2, -0.15) is 5.26 Å². The quantitative estimate of drug-likeness (QED) is 0.868. The Labute approximate surface area is 125 Å². The molecule has 4 nitrogen and oxygen atoms in total. The topological polar surface area (TPSA) is 41.2 Å². The van der Waals surface area contributed by atoms with Crippen LogP contribution in [-0.4, -0.2) is 29.7 Å². The number of nitrogens with zero attached hydrogens (tertiary/aromatic N) is 3. The molecule has 0 radical (unpaired) electrons. The molecule has 1 unspecified atom stereocenters. The Morgan fingerprint density at radius 1 is 1.24 bits per heavy atom. The minimum Gasteiger partial charge on any atom is -0.497 e. The average molecular weight is 283 g/mol. The second kappa shape index (κ2) is 5.79. The molecule has 1 saturated heterocycles. The molecule has 2 heterocycles. The second-order valence-corrected chi connectivity index (χ2v) is 5.71. The van der Waals surface area contributed by atoms with E-state index in [1.165, 1.54) is 19.3 Å². The van der Waals surface area contributed by atoms with Crippen molar-refractivity contribution in [1.82, 2.24) is 9.47 Å². The van der Waals surface area contributed by atoms with Crippen molar-refractivity contribution in [2.75, 3.05) is 20.2 Å². The average Bonchev–Trinajstić information content (AvgIpc) is 2.86. The van der Waals surface area contributed by atoms with E-state index < -0.39 is 0 Å². The number of likely N-dealkylation sites (tertiary alicyclic amines) is 1. The maximum Gasteiger partial charge on any atom is 0.125 e. The lowest BCUT2D eigenvalue weighted by molar-refractivity contribution is 0.197. The molecule has 21 heavy (non-hydrogen) atoms. The minimum atomic E-state index is -0.166. The zero-order chi connectivity index (χ0) is 14.8. The van der Waals surface area contributed by atoms with E-state index >= 15 is 0 Å². The number of piperidine rings is 1. The van der Waals surface area contributed by atoms with Gasteiger partial charge in [-0.15, -0.1) is 0 Å². The highest BCUT2D eigenvalue weighted by Gasteiger charge is 2.25. The van der Waals surface area contributed by atoms with Crippen LogP contribution in [0.1, 0.15) is 30.9 Å². The summed E-state index contributed by atoms with van der Waals surface area (Å²) in [5.74, 6) is 0.838. The van der Waals surface area contributed by atoms with Crippen molar-refractivity contribution >= 4 is 10.9 Å². The summed E-state index contributed by atoms with van der Waals surface area (Å²) in [5, 5.41) is 10.8. The lowest BCUT2D eigenvalue weighted by atomic mass is 10.0.